The number of anilines is 1. The van der Waals surface area contributed by atoms with Crippen molar-refractivity contribution in [2.24, 2.45) is 0 Å². The molecule has 1 aliphatic rings. The van der Waals surface area contributed by atoms with Crippen LogP contribution in [0.1, 0.15) is 46.8 Å². The molecule has 0 aromatic heterocycles. The Hall–Kier alpha value is -3.35. The molecule has 0 unspecified atom stereocenters. The Bertz CT molecular complexity index is 1010. The number of phenols is 1. The first kappa shape index (κ1) is 21.4. The second-order valence-electron chi connectivity index (χ2n) is 7.22. The van der Waals surface area contributed by atoms with Crippen molar-refractivity contribution in [3.8, 4) is 11.5 Å². The Morgan fingerprint density at radius 3 is 2.67 bits per heavy atom. The second-order valence-corrected chi connectivity index (χ2v) is 7.22. The van der Waals surface area contributed by atoms with E-state index in [0.717, 1.165) is 11.1 Å². The zero-order valence-electron chi connectivity index (χ0n) is 17.2. The third kappa shape index (κ3) is 4.45. The molecule has 0 saturated heterocycles. The average Bonchev–Trinajstić information content (AvgIpc) is 3.11. The molecular formula is C23H24FNO5. The maximum atomic E-state index is 12.9. The predicted octanol–water partition coefficient (Wildman–Crippen LogP) is 4.43. The van der Waals surface area contributed by atoms with Crippen LogP contribution in [0.4, 0.5) is 10.1 Å². The topological polar surface area (TPSA) is 84.9 Å². The van der Waals surface area contributed by atoms with Crippen LogP contribution in [0.25, 0.3) is 0 Å². The zero-order valence-corrected chi connectivity index (χ0v) is 17.2. The number of carbonyl (C=O) groups is 2. The summed E-state index contributed by atoms with van der Waals surface area (Å²) in [5.74, 6) is -0.658. The van der Waals surface area contributed by atoms with Crippen LogP contribution in [0, 0.1) is 12.7 Å². The van der Waals surface area contributed by atoms with Gasteiger partial charge in [-0.2, -0.15) is 0 Å². The molecule has 0 aliphatic carbocycles. The van der Waals surface area contributed by atoms with Crippen molar-refractivity contribution >= 4 is 17.6 Å². The maximum absolute atomic E-state index is 12.9. The molecular weight excluding hydrogens is 389 g/mol. The third-order valence-electron chi connectivity index (χ3n) is 5.18. The molecule has 2 N–H and O–H groups in total. The van der Waals surface area contributed by atoms with Gasteiger partial charge in [0.15, 0.2) is 0 Å². The fourth-order valence-corrected chi connectivity index (χ4v) is 3.47. The van der Waals surface area contributed by atoms with Crippen LogP contribution >= 0.6 is 0 Å². The van der Waals surface area contributed by atoms with E-state index in [1.165, 1.54) is 31.4 Å². The van der Waals surface area contributed by atoms with Crippen molar-refractivity contribution in [3.05, 3.63) is 64.0 Å². The number of aromatic hydroxyl groups is 1. The number of methoxy groups -OCH3 is 1. The summed E-state index contributed by atoms with van der Waals surface area (Å²) in [5.41, 5.74) is 3.63. The molecule has 0 bridgehead atoms. The van der Waals surface area contributed by atoms with E-state index in [9.17, 15) is 19.1 Å². The lowest BCUT2D eigenvalue weighted by Gasteiger charge is -2.15. The Labute approximate surface area is 174 Å². The molecule has 7 heteroatoms. The van der Waals surface area contributed by atoms with E-state index in [1.807, 2.05) is 19.9 Å². The molecule has 0 radical (unpaired) electrons. The fraction of sp³-hybridized carbons (Fsp3) is 0.304. The monoisotopic (exact) mass is 413 g/mol. The summed E-state index contributed by atoms with van der Waals surface area (Å²) in [7, 11) is 1.52. The molecule has 2 aromatic carbocycles. The van der Waals surface area contributed by atoms with Crippen molar-refractivity contribution in [1.82, 2.24) is 0 Å². The number of ether oxygens (including phenoxy) is 2. The van der Waals surface area contributed by atoms with Crippen LogP contribution in [-0.4, -0.2) is 24.1 Å². The van der Waals surface area contributed by atoms with Crippen molar-refractivity contribution in [1.29, 1.82) is 0 Å². The van der Waals surface area contributed by atoms with E-state index in [0.29, 0.717) is 35.4 Å². The number of amides is 1. The SMILES string of the molecule is COc1c(C)c2c(c(O)c1C/C=C(\C)CCC(=O)Nc1ccc(F)cc1)C(=O)OC2. The van der Waals surface area contributed by atoms with Gasteiger partial charge in [-0.15, -0.1) is 0 Å². The summed E-state index contributed by atoms with van der Waals surface area (Å²) in [4.78, 5) is 24.1. The molecule has 1 aliphatic heterocycles. The van der Waals surface area contributed by atoms with E-state index >= 15 is 0 Å². The molecule has 158 valence electrons. The van der Waals surface area contributed by atoms with Crippen molar-refractivity contribution < 1.29 is 28.6 Å². The van der Waals surface area contributed by atoms with Gasteiger partial charge in [0.05, 0.1) is 7.11 Å². The molecule has 2 aromatic rings. The number of cyclic esters (lactones) is 1. The number of hydrogen-bond acceptors (Lipinski definition) is 5. The average molecular weight is 413 g/mol. The smallest absolute Gasteiger partial charge is 0.342 e. The van der Waals surface area contributed by atoms with Crippen LogP contribution in [-0.2, 0) is 22.6 Å². The van der Waals surface area contributed by atoms with Crippen LogP contribution in [0.3, 0.4) is 0 Å². The molecule has 30 heavy (non-hydrogen) atoms. The molecule has 1 amide bonds. The fourth-order valence-electron chi connectivity index (χ4n) is 3.47. The molecule has 1 heterocycles. The highest BCUT2D eigenvalue weighted by Crippen LogP contribution is 2.42. The minimum atomic E-state index is -0.535. The number of halogens is 1. The predicted molar refractivity (Wildman–Crippen MR) is 110 cm³/mol. The van der Waals surface area contributed by atoms with Crippen LogP contribution in [0.2, 0.25) is 0 Å². The van der Waals surface area contributed by atoms with Gasteiger partial charge in [-0.3, -0.25) is 4.79 Å². The van der Waals surface area contributed by atoms with Gasteiger partial charge in [0.1, 0.15) is 29.5 Å². The highest BCUT2D eigenvalue weighted by molar-refractivity contribution is 5.98. The second kappa shape index (κ2) is 8.98. The van der Waals surface area contributed by atoms with Crippen molar-refractivity contribution in [3.63, 3.8) is 0 Å². The quantitative estimate of drug-likeness (QED) is 0.518. The Kier molecular flexibility index (Phi) is 6.40. The largest absolute Gasteiger partial charge is 0.507 e. The lowest BCUT2D eigenvalue weighted by molar-refractivity contribution is -0.116. The molecule has 0 fully saturated rings. The Morgan fingerprint density at radius 1 is 1.30 bits per heavy atom. The van der Waals surface area contributed by atoms with E-state index in [-0.39, 0.29) is 36.1 Å². The number of allylic oxidation sites excluding steroid dienone is 2. The summed E-state index contributed by atoms with van der Waals surface area (Å²) in [5, 5.41) is 13.4. The number of fused-ring (bicyclic) bond motifs is 1. The maximum Gasteiger partial charge on any atom is 0.342 e. The van der Waals surface area contributed by atoms with Gasteiger partial charge in [-0.05, 0) is 56.5 Å². The number of nitrogens with one attached hydrogen (secondary N) is 1. The van der Waals surface area contributed by atoms with Gasteiger partial charge < -0.3 is 19.9 Å². The highest BCUT2D eigenvalue weighted by atomic mass is 19.1. The van der Waals surface area contributed by atoms with E-state index in [1.54, 1.807) is 0 Å². The summed E-state index contributed by atoms with van der Waals surface area (Å²) < 4.78 is 23.5. The van der Waals surface area contributed by atoms with Crippen LogP contribution < -0.4 is 10.1 Å². The van der Waals surface area contributed by atoms with Crippen molar-refractivity contribution in [2.45, 2.75) is 39.7 Å². The minimum Gasteiger partial charge on any atom is -0.507 e. The number of benzene rings is 2. The van der Waals surface area contributed by atoms with Gasteiger partial charge in [-0.1, -0.05) is 11.6 Å². The normalized spacial score (nSPS) is 13.1. The van der Waals surface area contributed by atoms with E-state index in [4.69, 9.17) is 9.47 Å². The van der Waals surface area contributed by atoms with Gasteiger partial charge >= 0.3 is 5.97 Å². The molecule has 0 saturated carbocycles. The third-order valence-corrected chi connectivity index (χ3v) is 5.18. The summed E-state index contributed by atoms with van der Waals surface area (Å²) in [6, 6.07) is 5.59. The highest BCUT2D eigenvalue weighted by Gasteiger charge is 2.31. The lowest BCUT2D eigenvalue weighted by atomic mass is 9.94. The number of hydrogen-bond donors (Lipinski definition) is 2. The number of phenolic OH excluding ortho intramolecular Hbond substituents is 1. The molecule has 3 rings (SSSR count). The first-order valence-electron chi connectivity index (χ1n) is 9.61. The molecule has 6 nitrogen and oxygen atoms in total. The number of carbonyl (C=O) groups excluding carboxylic acids is 2. The van der Waals surface area contributed by atoms with Gasteiger partial charge in [0.2, 0.25) is 5.91 Å². The number of rotatable bonds is 7. The van der Waals surface area contributed by atoms with Gasteiger partial charge in [0.25, 0.3) is 0 Å². The van der Waals surface area contributed by atoms with Crippen molar-refractivity contribution in [2.75, 3.05) is 12.4 Å². The zero-order chi connectivity index (χ0) is 21.8. The Balaban J connectivity index is 1.67. The molecule has 0 atom stereocenters. The first-order valence-corrected chi connectivity index (χ1v) is 9.61. The Morgan fingerprint density at radius 2 is 2.00 bits per heavy atom. The summed E-state index contributed by atoms with van der Waals surface area (Å²) >= 11 is 0. The number of esters is 1. The molecule has 0 spiro atoms. The van der Waals surface area contributed by atoms with Gasteiger partial charge in [0, 0.05) is 23.2 Å². The minimum absolute atomic E-state index is 0.118. The van der Waals surface area contributed by atoms with E-state index < -0.39 is 5.97 Å². The van der Waals surface area contributed by atoms with Crippen LogP contribution in [0.15, 0.2) is 35.9 Å². The van der Waals surface area contributed by atoms with Gasteiger partial charge in [-0.25, -0.2) is 9.18 Å². The standard InChI is InChI=1S/C23H24FNO5/c1-13(5-11-19(26)25-16-8-6-15(24)7-9-16)4-10-17-21(27)20-18(12-30-23(20)28)14(2)22(17)29-3/h4,6-9,27H,5,10-12H2,1-3H3,(H,25,26)/b13-4+. The first-order chi connectivity index (χ1) is 14.3. The summed E-state index contributed by atoms with van der Waals surface area (Å²) in [6.07, 6.45) is 3.02. The lowest BCUT2D eigenvalue weighted by Crippen LogP contribution is -2.11. The summed E-state index contributed by atoms with van der Waals surface area (Å²) in [6.45, 7) is 3.85. The van der Waals surface area contributed by atoms with E-state index in [2.05, 4.69) is 5.32 Å². The van der Waals surface area contributed by atoms with Crippen LogP contribution in [0.5, 0.6) is 11.5 Å².